The van der Waals surface area contributed by atoms with Gasteiger partial charge in [-0.1, -0.05) is 5.16 Å². The average molecular weight is 289 g/mol. The smallest absolute Gasteiger partial charge is 0.246 e. The second kappa shape index (κ2) is 5.20. The minimum atomic E-state index is -3.69. The molecule has 0 aromatic carbocycles. The monoisotopic (exact) mass is 289 g/mol. The first-order valence-corrected chi connectivity index (χ1v) is 7.67. The molecule has 19 heavy (non-hydrogen) atoms. The van der Waals surface area contributed by atoms with Crippen LogP contribution in [0.2, 0.25) is 0 Å². The number of hydrogen-bond donors (Lipinski definition) is 2. The van der Waals surface area contributed by atoms with Gasteiger partial charge >= 0.3 is 0 Å². The van der Waals surface area contributed by atoms with Crippen molar-refractivity contribution in [1.29, 1.82) is 0 Å². The molecular weight excluding hydrogens is 270 g/mol. The molecule has 1 aromatic rings. The summed E-state index contributed by atoms with van der Waals surface area (Å²) in [4.78, 5) is 0.0850. The van der Waals surface area contributed by atoms with Gasteiger partial charge in [0.2, 0.25) is 10.0 Å². The minimum Gasteiger partial charge on any atom is -0.377 e. The van der Waals surface area contributed by atoms with Crippen LogP contribution in [0.1, 0.15) is 24.8 Å². The molecule has 108 valence electrons. The second-order valence-corrected chi connectivity index (χ2v) is 6.34. The van der Waals surface area contributed by atoms with Gasteiger partial charge in [-0.15, -0.1) is 0 Å². The summed E-state index contributed by atoms with van der Waals surface area (Å²) in [5.74, 6) is 0.269. The van der Waals surface area contributed by atoms with Crippen LogP contribution in [0, 0.1) is 13.8 Å². The highest BCUT2D eigenvalue weighted by Gasteiger charge is 2.42. The molecule has 0 aliphatic heterocycles. The number of nitrogens with zero attached hydrogens (tertiary/aromatic N) is 1. The third-order valence-corrected chi connectivity index (χ3v) is 4.98. The quantitative estimate of drug-likeness (QED) is 0.794. The van der Waals surface area contributed by atoms with Crippen LogP contribution >= 0.6 is 0 Å². The number of aromatic nitrogens is 1. The van der Waals surface area contributed by atoms with Crippen molar-refractivity contribution in [2.75, 3.05) is 6.61 Å². The fraction of sp³-hybridized carbons (Fsp3) is 0.727. The van der Waals surface area contributed by atoms with Crippen LogP contribution in [-0.2, 0) is 14.8 Å². The Hall–Kier alpha value is -0.960. The van der Waals surface area contributed by atoms with E-state index in [1.54, 1.807) is 13.8 Å². The van der Waals surface area contributed by atoms with E-state index < -0.39 is 16.1 Å². The molecular formula is C11H19N3O4S. The number of rotatable bonds is 5. The zero-order chi connectivity index (χ0) is 14.2. The summed E-state index contributed by atoms with van der Waals surface area (Å²) in [6.45, 7) is 5.55. The Morgan fingerprint density at radius 2 is 2.21 bits per heavy atom. The zero-order valence-electron chi connectivity index (χ0n) is 11.2. The molecule has 0 amide bonds. The third kappa shape index (κ3) is 2.66. The maximum atomic E-state index is 12.3. The van der Waals surface area contributed by atoms with E-state index in [0.29, 0.717) is 18.7 Å². The molecule has 1 saturated carbocycles. The maximum absolute atomic E-state index is 12.3. The first kappa shape index (κ1) is 14.4. The molecule has 7 nitrogen and oxygen atoms in total. The van der Waals surface area contributed by atoms with Crippen molar-refractivity contribution >= 4 is 10.0 Å². The molecule has 1 aliphatic carbocycles. The minimum absolute atomic E-state index is 0.0850. The van der Waals surface area contributed by atoms with Crippen LogP contribution in [0.15, 0.2) is 9.42 Å². The lowest BCUT2D eigenvalue weighted by molar-refractivity contribution is -0.0248. The Labute approximate surface area is 112 Å². The first-order valence-electron chi connectivity index (χ1n) is 6.19. The van der Waals surface area contributed by atoms with Crippen molar-refractivity contribution in [3.8, 4) is 0 Å². The molecule has 0 spiro atoms. The van der Waals surface area contributed by atoms with E-state index in [2.05, 4.69) is 9.88 Å². The fourth-order valence-electron chi connectivity index (χ4n) is 2.29. The Morgan fingerprint density at radius 3 is 2.68 bits per heavy atom. The normalized spacial score (nSPS) is 27.3. The number of sulfonamides is 1. The van der Waals surface area contributed by atoms with Crippen molar-refractivity contribution in [1.82, 2.24) is 9.88 Å². The number of aryl methyl sites for hydroxylation is 2. The van der Waals surface area contributed by atoms with Crippen LogP contribution < -0.4 is 10.5 Å². The number of nitrogens with two attached hydrogens (primary N) is 1. The number of ether oxygens (including phenoxy) is 1. The predicted octanol–water partition coefficient (Wildman–Crippen LogP) is 0.0744. The molecule has 3 unspecified atom stereocenters. The van der Waals surface area contributed by atoms with Crippen molar-refractivity contribution in [2.45, 2.75) is 50.3 Å². The average Bonchev–Trinajstić information content (AvgIpc) is 2.67. The van der Waals surface area contributed by atoms with E-state index in [0.717, 1.165) is 0 Å². The third-order valence-electron chi connectivity index (χ3n) is 3.27. The van der Waals surface area contributed by atoms with Crippen molar-refractivity contribution < 1.29 is 17.7 Å². The van der Waals surface area contributed by atoms with Crippen LogP contribution in [0.4, 0.5) is 0 Å². The molecule has 0 saturated heterocycles. The van der Waals surface area contributed by atoms with Gasteiger partial charge in [0.05, 0.1) is 12.1 Å². The van der Waals surface area contributed by atoms with Gasteiger partial charge in [-0.05, 0) is 27.2 Å². The first-order chi connectivity index (χ1) is 8.86. The van der Waals surface area contributed by atoms with E-state index in [9.17, 15) is 8.42 Å². The van der Waals surface area contributed by atoms with Crippen molar-refractivity contribution in [3.63, 3.8) is 0 Å². The van der Waals surface area contributed by atoms with Gasteiger partial charge < -0.3 is 15.0 Å². The molecule has 0 bridgehead atoms. The standard InChI is InChI=1S/C11H19N3O4S/c1-4-17-9-5-8(12)10(9)14-19(15,16)11-6(2)13-18-7(11)3/h8-10,14H,4-5,12H2,1-3H3. The molecule has 1 heterocycles. The van der Waals surface area contributed by atoms with E-state index in [1.807, 2.05) is 6.92 Å². The topological polar surface area (TPSA) is 107 Å². The van der Waals surface area contributed by atoms with E-state index in [-0.39, 0.29) is 22.8 Å². The molecule has 1 fully saturated rings. The largest absolute Gasteiger partial charge is 0.377 e. The second-order valence-electron chi connectivity index (χ2n) is 4.69. The lowest BCUT2D eigenvalue weighted by Gasteiger charge is -2.42. The van der Waals surface area contributed by atoms with Gasteiger partial charge in [-0.3, -0.25) is 0 Å². The van der Waals surface area contributed by atoms with E-state index in [4.69, 9.17) is 15.0 Å². The lowest BCUT2D eigenvalue weighted by atomic mass is 9.84. The fourth-order valence-corrected chi connectivity index (χ4v) is 3.93. The Kier molecular flexibility index (Phi) is 3.95. The van der Waals surface area contributed by atoms with Crippen LogP contribution in [-0.4, -0.2) is 38.4 Å². The highest BCUT2D eigenvalue weighted by Crippen LogP contribution is 2.26. The summed E-state index contributed by atoms with van der Waals surface area (Å²) in [6.07, 6.45) is 0.484. The lowest BCUT2D eigenvalue weighted by Crippen LogP contribution is -2.64. The van der Waals surface area contributed by atoms with Crippen molar-refractivity contribution in [3.05, 3.63) is 11.5 Å². The zero-order valence-corrected chi connectivity index (χ0v) is 12.0. The summed E-state index contributed by atoms with van der Waals surface area (Å²) >= 11 is 0. The Bertz CT molecular complexity index is 533. The molecule has 2 rings (SSSR count). The predicted molar refractivity (Wildman–Crippen MR) is 68.1 cm³/mol. The SMILES string of the molecule is CCOC1CC(N)C1NS(=O)(=O)c1c(C)noc1C. The number of nitrogens with one attached hydrogen (secondary N) is 1. The summed E-state index contributed by atoms with van der Waals surface area (Å²) in [5.41, 5.74) is 6.17. The van der Waals surface area contributed by atoms with Gasteiger partial charge in [-0.2, -0.15) is 0 Å². The Balaban J connectivity index is 2.18. The summed E-state index contributed by atoms with van der Waals surface area (Å²) < 4.78 is 37.5. The van der Waals surface area contributed by atoms with Gasteiger partial charge in [0, 0.05) is 12.6 Å². The van der Waals surface area contributed by atoms with E-state index >= 15 is 0 Å². The van der Waals surface area contributed by atoms with Gasteiger partial charge in [0.15, 0.2) is 5.76 Å². The van der Waals surface area contributed by atoms with Crippen LogP contribution in [0.3, 0.4) is 0 Å². The molecule has 1 aliphatic rings. The van der Waals surface area contributed by atoms with Gasteiger partial charge in [0.1, 0.15) is 10.6 Å². The highest BCUT2D eigenvalue weighted by atomic mass is 32.2. The molecule has 1 aromatic heterocycles. The summed E-state index contributed by atoms with van der Waals surface area (Å²) in [5, 5.41) is 3.65. The van der Waals surface area contributed by atoms with E-state index in [1.165, 1.54) is 0 Å². The molecule has 0 radical (unpaired) electrons. The summed E-state index contributed by atoms with van der Waals surface area (Å²) in [7, 11) is -3.69. The highest BCUT2D eigenvalue weighted by molar-refractivity contribution is 7.89. The van der Waals surface area contributed by atoms with Crippen molar-refractivity contribution in [2.24, 2.45) is 5.73 Å². The summed E-state index contributed by atoms with van der Waals surface area (Å²) in [6, 6.07) is -0.634. The maximum Gasteiger partial charge on any atom is 0.246 e. The Morgan fingerprint density at radius 1 is 1.53 bits per heavy atom. The molecule has 8 heteroatoms. The van der Waals surface area contributed by atoms with Gasteiger partial charge in [-0.25, -0.2) is 13.1 Å². The molecule has 3 N–H and O–H groups in total. The molecule has 3 atom stereocenters. The number of hydrogen-bond acceptors (Lipinski definition) is 6. The van der Waals surface area contributed by atoms with Gasteiger partial charge in [0.25, 0.3) is 0 Å². The van der Waals surface area contributed by atoms with Crippen LogP contribution in [0.5, 0.6) is 0 Å². The van der Waals surface area contributed by atoms with Crippen LogP contribution in [0.25, 0.3) is 0 Å².